The van der Waals surface area contributed by atoms with Crippen molar-refractivity contribution in [1.29, 1.82) is 0 Å². The Morgan fingerprint density at radius 1 is 1.15 bits per heavy atom. The SMILES string of the molecule is Cl.NCCNC(=O)c1cccc(S(=O)(=O)N2CCCc3ccccc32)c1. The van der Waals surface area contributed by atoms with E-state index in [1.807, 2.05) is 24.3 Å². The molecule has 0 fully saturated rings. The van der Waals surface area contributed by atoms with E-state index in [4.69, 9.17) is 5.73 Å². The Labute approximate surface area is 159 Å². The number of para-hydroxylation sites is 1. The molecule has 0 saturated heterocycles. The van der Waals surface area contributed by atoms with E-state index in [9.17, 15) is 13.2 Å². The molecule has 3 N–H and O–H groups in total. The number of nitrogens with two attached hydrogens (primary N) is 1. The van der Waals surface area contributed by atoms with Crippen molar-refractivity contribution in [3.8, 4) is 0 Å². The lowest BCUT2D eigenvalue weighted by atomic mass is 10.0. The minimum Gasteiger partial charge on any atom is -0.351 e. The fourth-order valence-electron chi connectivity index (χ4n) is 2.96. The predicted molar refractivity (Wildman–Crippen MR) is 104 cm³/mol. The van der Waals surface area contributed by atoms with E-state index in [-0.39, 0.29) is 23.2 Å². The van der Waals surface area contributed by atoms with Gasteiger partial charge in [0.05, 0.1) is 10.6 Å². The van der Waals surface area contributed by atoms with Gasteiger partial charge >= 0.3 is 0 Å². The second kappa shape index (κ2) is 8.53. The Bertz CT molecular complexity index is 887. The molecule has 140 valence electrons. The first-order valence-corrected chi connectivity index (χ1v) is 9.67. The molecule has 0 bridgehead atoms. The normalized spacial score (nSPS) is 13.5. The van der Waals surface area contributed by atoms with Gasteiger partial charge in [-0.05, 0) is 42.7 Å². The molecule has 1 amide bonds. The van der Waals surface area contributed by atoms with Gasteiger partial charge in [-0.25, -0.2) is 8.42 Å². The summed E-state index contributed by atoms with van der Waals surface area (Å²) in [7, 11) is -3.72. The van der Waals surface area contributed by atoms with Crippen LogP contribution >= 0.6 is 12.4 Å². The van der Waals surface area contributed by atoms with Crippen molar-refractivity contribution in [1.82, 2.24) is 5.32 Å². The van der Waals surface area contributed by atoms with Crippen LogP contribution in [0, 0.1) is 0 Å². The number of carbonyl (C=O) groups excluding carboxylic acids is 1. The summed E-state index contributed by atoms with van der Waals surface area (Å²) in [5, 5.41) is 2.65. The number of rotatable bonds is 5. The average Bonchev–Trinajstić information content (AvgIpc) is 2.65. The number of carbonyl (C=O) groups is 1. The quantitative estimate of drug-likeness (QED) is 0.809. The molecule has 0 aliphatic carbocycles. The Morgan fingerprint density at radius 3 is 2.69 bits per heavy atom. The lowest BCUT2D eigenvalue weighted by Gasteiger charge is -2.30. The van der Waals surface area contributed by atoms with Gasteiger partial charge in [0.25, 0.3) is 15.9 Å². The van der Waals surface area contributed by atoms with Crippen molar-refractivity contribution >= 4 is 34.0 Å². The molecule has 0 unspecified atom stereocenters. The number of nitrogens with zero attached hydrogens (tertiary/aromatic N) is 1. The van der Waals surface area contributed by atoms with Crippen LogP contribution in [0.3, 0.4) is 0 Å². The highest BCUT2D eigenvalue weighted by atomic mass is 35.5. The number of nitrogens with one attached hydrogen (secondary N) is 1. The van der Waals surface area contributed by atoms with E-state index < -0.39 is 10.0 Å². The van der Waals surface area contributed by atoms with Gasteiger partial charge in [-0.15, -0.1) is 12.4 Å². The number of amides is 1. The summed E-state index contributed by atoms with van der Waals surface area (Å²) in [5.41, 5.74) is 7.42. The van der Waals surface area contributed by atoms with Crippen molar-refractivity contribution in [3.05, 3.63) is 59.7 Å². The van der Waals surface area contributed by atoms with E-state index in [2.05, 4.69) is 5.32 Å². The standard InChI is InChI=1S/C18H21N3O3S.ClH/c19-10-11-20-18(22)15-6-3-8-16(13-15)25(23,24)21-12-4-7-14-5-1-2-9-17(14)21;/h1-3,5-6,8-9,13H,4,7,10-12,19H2,(H,20,22);1H. The third-order valence-electron chi connectivity index (χ3n) is 4.18. The van der Waals surface area contributed by atoms with Gasteiger partial charge in [-0.1, -0.05) is 24.3 Å². The van der Waals surface area contributed by atoms with E-state index >= 15 is 0 Å². The molecule has 1 heterocycles. The summed E-state index contributed by atoms with van der Waals surface area (Å²) in [6.07, 6.45) is 1.64. The van der Waals surface area contributed by atoms with Gasteiger partial charge < -0.3 is 11.1 Å². The molecule has 6 nitrogen and oxygen atoms in total. The molecule has 1 aliphatic rings. The molecule has 0 aromatic heterocycles. The van der Waals surface area contributed by atoms with Crippen molar-refractivity contribution in [2.75, 3.05) is 23.9 Å². The first-order chi connectivity index (χ1) is 12.0. The topological polar surface area (TPSA) is 92.5 Å². The van der Waals surface area contributed by atoms with Crippen LogP contribution in [0.1, 0.15) is 22.3 Å². The smallest absolute Gasteiger partial charge is 0.264 e. The van der Waals surface area contributed by atoms with Crippen LogP contribution in [0.4, 0.5) is 5.69 Å². The van der Waals surface area contributed by atoms with Crippen LogP contribution in [0.2, 0.25) is 0 Å². The largest absolute Gasteiger partial charge is 0.351 e. The molecule has 2 aromatic rings. The Kier molecular flexibility index (Phi) is 6.63. The zero-order chi connectivity index (χ0) is 17.9. The summed E-state index contributed by atoms with van der Waals surface area (Å²) in [4.78, 5) is 12.2. The number of halogens is 1. The van der Waals surface area contributed by atoms with Crippen LogP contribution in [0.5, 0.6) is 0 Å². The Morgan fingerprint density at radius 2 is 1.92 bits per heavy atom. The summed E-state index contributed by atoms with van der Waals surface area (Å²) in [5.74, 6) is -0.332. The third kappa shape index (κ3) is 4.00. The highest BCUT2D eigenvalue weighted by Gasteiger charge is 2.29. The van der Waals surface area contributed by atoms with Crippen molar-refractivity contribution in [3.63, 3.8) is 0 Å². The lowest BCUT2D eigenvalue weighted by molar-refractivity contribution is 0.0954. The second-order valence-electron chi connectivity index (χ2n) is 5.88. The highest BCUT2D eigenvalue weighted by molar-refractivity contribution is 7.92. The van der Waals surface area contributed by atoms with Crippen molar-refractivity contribution in [2.24, 2.45) is 5.73 Å². The first kappa shape index (κ1) is 20.2. The van der Waals surface area contributed by atoms with E-state index in [0.717, 1.165) is 18.4 Å². The zero-order valence-corrected chi connectivity index (χ0v) is 15.9. The fraction of sp³-hybridized carbons (Fsp3) is 0.278. The molecule has 1 aliphatic heterocycles. The molecule has 3 rings (SSSR count). The van der Waals surface area contributed by atoms with Gasteiger partial charge in [0, 0.05) is 25.2 Å². The molecule has 0 atom stereocenters. The number of aryl methyl sites for hydroxylation is 1. The maximum atomic E-state index is 13.1. The van der Waals surface area contributed by atoms with Gasteiger partial charge in [0.2, 0.25) is 0 Å². The fourth-order valence-corrected chi connectivity index (χ4v) is 4.55. The van der Waals surface area contributed by atoms with Crippen LogP contribution in [0.15, 0.2) is 53.4 Å². The van der Waals surface area contributed by atoms with Crippen LogP contribution in [-0.2, 0) is 16.4 Å². The number of benzene rings is 2. The summed E-state index contributed by atoms with van der Waals surface area (Å²) in [6, 6.07) is 13.6. The number of anilines is 1. The maximum Gasteiger partial charge on any atom is 0.264 e. The molecule has 0 spiro atoms. The lowest BCUT2D eigenvalue weighted by Crippen LogP contribution is -2.35. The molecule has 8 heteroatoms. The van der Waals surface area contributed by atoms with Crippen molar-refractivity contribution in [2.45, 2.75) is 17.7 Å². The van der Waals surface area contributed by atoms with Crippen LogP contribution < -0.4 is 15.4 Å². The zero-order valence-electron chi connectivity index (χ0n) is 14.2. The Balaban J connectivity index is 0.00000243. The third-order valence-corrected chi connectivity index (χ3v) is 5.99. The van der Waals surface area contributed by atoms with Crippen LogP contribution in [-0.4, -0.2) is 34.0 Å². The van der Waals surface area contributed by atoms with Gasteiger partial charge in [0.15, 0.2) is 0 Å². The molecule has 2 aromatic carbocycles. The second-order valence-corrected chi connectivity index (χ2v) is 7.74. The maximum absolute atomic E-state index is 13.1. The molecular weight excluding hydrogens is 374 g/mol. The van der Waals surface area contributed by atoms with Crippen LogP contribution in [0.25, 0.3) is 0 Å². The van der Waals surface area contributed by atoms with E-state index in [1.165, 1.54) is 16.4 Å². The van der Waals surface area contributed by atoms with Crippen molar-refractivity contribution < 1.29 is 13.2 Å². The van der Waals surface area contributed by atoms with E-state index in [1.54, 1.807) is 12.1 Å². The van der Waals surface area contributed by atoms with Gasteiger partial charge in [0.1, 0.15) is 0 Å². The number of hydrogen-bond acceptors (Lipinski definition) is 4. The minimum absolute atomic E-state index is 0. The summed E-state index contributed by atoms with van der Waals surface area (Å²) in [6.45, 7) is 1.10. The first-order valence-electron chi connectivity index (χ1n) is 8.23. The summed E-state index contributed by atoms with van der Waals surface area (Å²) < 4.78 is 27.7. The molecule has 26 heavy (non-hydrogen) atoms. The average molecular weight is 396 g/mol. The highest BCUT2D eigenvalue weighted by Crippen LogP contribution is 2.31. The van der Waals surface area contributed by atoms with Gasteiger partial charge in [-0.3, -0.25) is 9.10 Å². The van der Waals surface area contributed by atoms with E-state index in [0.29, 0.717) is 30.9 Å². The molecular formula is C18H22ClN3O3S. The van der Waals surface area contributed by atoms with Gasteiger partial charge in [-0.2, -0.15) is 0 Å². The number of hydrogen-bond donors (Lipinski definition) is 2. The number of sulfonamides is 1. The Hall–Kier alpha value is -2.09. The monoisotopic (exact) mass is 395 g/mol. The number of fused-ring (bicyclic) bond motifs is 1. The molecule has 0 saturated carbocycles. The minimum atomic E-state index is -3.72. The summed E-state index contributed by atoms with van der Waals surface area (Å²) >= 11 is 0. The predicted octanol–water partition coefficient (Wildman–Crippen LogP) is 1.94. The molecule has 0 radical (unpaired) electrons.